The second-order valence-electron chi connectivity index (χ2n) is 7.28. The number of likely N-dealkylation sites (N-methyl/N-ethyl adjacent to an activating group) is 1. The van der Waals surface area contributed by atoms with Gasteiger partial charge in [0.1, 0.15) is 0 Å². The number of nitrogens with zero attached hydrogens (tertiary/aromatic N) is 2. The maximum atomic E-state index is 12.2. The van der Waals surface area contributed by atoms with E-state index in [-0.39, 0.29) is 5.91 Å². The highest BCUT2D eigenvalue weighted by molar-refractivity contribution is 5.76. The summed E-state index contributed by atoms with van der Waals surface area (Å²) in [5.74, 6) is 1.36. The number of hydrogen-bond acceptors (Lipinski definition) is 4. The molecule has 3 atom stereocenters. The fourth-order valence-corrected chi connectivity index (χ4v) is 3.55. The number of amides is 1. The molecule has 128 valence electrons. The van der Waals surface area contributed by atoms with Crippen molar-refractivity contribution in [2.45, 2.75) is 39.2 Å². The van der Waals surface area contributed by atoms with Crippen molar-refractivity contribution in [2.24, 2.45) is 11.8 Å². The number of nitrogens with one attached hydrogen (secondary N) is 2. The minimum atomic E-state index is 0.221. The van der Waals surface area contributed by atoms with Gasteiger partial charge in [-0.3, -0.25) is 9.69 Å². The molecule has 5 heteroatoms. The Morgan fingerprint density at radius 3 is 2.64 bits per heavy atom. The molecule has 0 aromatic rings. The van der Waals surface area contributed by atoms with Crippen molar-refractivity contribution >= 4 is 5.91 Å². The Labute approximate surface area is 135 Å². The summed E-state index contributed by atoms with van der Waals surface area (Å²) in [6.45, 7) is 11.9. The Morgan fingerprint density at radius 2 is 2.00 bits per heavy atom. The monoisotopic (exact) mass is 310 g/mol. The summed E-state index contributed by atoms with van der Waals surface area (Å²) in [5, 5.41) is 6.59. The number of piperidine rings is 1. The molecule has 0 aromatic heterocycles. The van der Waals surface area contributed by atoms with Crippen LogP contribution < -0.4 is 10.6 Å². The summed E-state index contributed by atoms with van der Waals surface area (Å²) in [4.78, 5) is 17.0. The lowest BCUT2D eigenvalue weighted by atomic mass is 9.85. The zero-order valence-corrected chi connectivity index (χ0v) is 14.6. The maximum Gasteiger partial charge on any atom is 0.220 e. The number of carbonyl (C=O) groups excluding carboxylic acids is 1. The molecule has 0 saturated carbocycles. The van der Waals surface area contributed by atoms with Crippen LogP contribution >= 0.6 is 0 Å². The maximum absolute atomic E-state index is 12.2. The fourth-order valence-electron chi connectivity index (χ4n) is 3.55. The number of piperazine rings is 1. The molecule has 0 aromatic carbocycles. The van der Waals surface area contributed by atoms with Gasteiger partial charge in [-0.05, 0) is 51.7 Å². The Bertz CT molecular complexity index is 336. The van der Waals surface area contributed by atoms with Gasteiger partial charge in [-0.25, -0.2) is 0 Å². The van der Waals surface area contributed by atoms with E-state index in [9.17, 15) is 4.79 Å². The molecular weight excluding hydrogens is 276 g/mol. The lowest BCUT2D eigenvalue weighted by molar-refractivity contribution is -0.122. The van der Waals surface area contributed by atoms with Gasteiger partial charge in [-0.15, -0.1) is 0 Å². The molecule has 0 bridgehead atoms. The SMILES string of the molecule is CC(CC(=O)NCC(C)N1CCN(C)CC1)C1CCCNC1. The quantitative estimate of drug-likeness (QED) is 0.761. The second-order valence-corrected chi connectivity index (χ2v) is 7.28. The van der Waals surface area contributed by atoms with Gasteiger partial charge < -0.3 is 15.5 Å². The average molecular weight is 310 g/mol. The van der Waals surface area contributed by atoms with E-state index in [1.165, 1.54) is 12.8 Å². The van der Waals surface area contributed by atoms with Gasteiger partial charge in [0.15, 0.2) is 0 Å². The van der Waals surface area contributed by atoms with Crippen LogP contribution in [-0.2, 0) is 4.79 Å². The second kappa shape index (κ2) is 8.85. The third kappa shape index (κ3) is 5.52. The lowest BCUT2D eigenvalue weighted by Gasteiger charge is -2.36. The highest BCUT2D eigenvalue weighted by atomic mass is 16.1. The van der Waals surface area contributed by atoms with Crippen molar-refractivity contribution in [2.75, 3.05) is 52.9 Å². The summed E-state index contributed by atoms with van der Waals surface area (Å²) in [6.07, 6.45) is 3.18. The molecule has 2 N–H and O–H groups in total. The summed E-state index contributed by atoms with van der Waals surface area (Å²) in [7, 11) is 2.17. The van der Waals surface area contributed by atoms with Crippen LogP contribution in [0.25, 0.3) is 0 Å². The Hall–Kier alpha value is -0.650. The van der Waals surface area contributed by atoms with E-state index in [0.29, 0.717) is 24.3 Å². The number of carbonyl (C=O) groups is 1. The molecule has 5 nitrogen and oxygen atoms in total. The molecule has 3 unspecified atom stereocenters. The van der Waals surface area contributed by atoms with E-state index in [2.05, 4.69) is 41.3 Å². The van der Waals surface area contributed by atoms with Crippen LogP contribution in [0.4, 0.5) is 0 Å². The minimum absolute atomic E-state index is 0.221. The first-order chi connectivity index (χ1) is 10.6. The molecule has 22 heavy (non-hydrogen) atoms. The number of hydrogen-bond donors (Lipinski definition) is 2. The van der Waals surface area contributed by atoms with Crippen LogP contribution in [0.1, 0.15) is 33.1 Å². The Kier molecular flexibility index (Phi) is 7.12. The van der Waals surface area contributed by atoms with E-state index in [4.69, 9.17) is 0 Å². The predicted molar refractivity (Wildman–Crippen MR) is 90.9 cm³/mol. The van der Waals surface area contributed by atoms with E-state index in [0.717, 1.165) is 45.8 Å². The molecular formula is C17H34N4O. The van der Waals surface area contributed by atoms with Crippen molar-refractivity contribution in [3.63, 3.8) is 0 Å². The van der Waals surface area contributed by atoms with Gasteiger partial charge in [-0.2, -0.15) is 0 Å². The van der Waals surface area contributed by atoms with Gasteiger partial charge >= 0.3 is 0 Å². The van der Waals surface area contributed by atoms with Crippen molar-refractivity contribution in [1.29, 1.82) is 0 Å². The zero-order valence-electron chi connectivity index (χ0n) is 14.6. The first kappa shape index (κ1) is 17.7. The molecule has 2 fully saturated rings. The van der Waals surface area contributed by atoms with Crippen LogP contribution in [0.15, 0.2) is 0 Å². The van der Waals surface area contributed by atoms with Crippen LogP contribution in [0.2, 0.25) is 0 Å². The summed E-state index contributed by atoms with van der Waals surface area (Å²) < 4.78 is 0. The largest absolute Gasteiger partial charge is 0.355 e. The van der Waals surface area contributed by atoms with E-state index in [1.54, 1.807) is 0 Å². The fraction of sp³-hybridized carbons (Fsp3) is 0.941. The van der Waals surface area contributed by atoms with E-state index >= 15 is 0 Å². The summed E-state index contributed by atoms with van der Waals surface area (Å²) >= 11 is 0. The predicted octanol–water partition coefficient (Wildman–Crippen LogP) is 0.764. The van der Waals surface area contributed by atoms with E-state index < -0.39 is 0 Å². The van der Waals surface area contributed by atoms with Crippen LogP contribution in [-0.4, -0.2) is 74.6 Å². The summed E-state index contributed by atoms with van der Waals surface area (Å²) in [5.41, 5.74) is 0. The van der Waals surface area contributed by atoms with Gasteiger partial charge in [0.25, 0.3) is 0 Å². The molecule has 2 rings (SSSR count). The zero-order chi connectivity index (χ0) is 15.9. The van der Waals surface area contributed by atoms with Gasteiger partial charge in [0.05, 0.1) is 0 Å². The molecule has 2 aliphatic heterocycles. The first-order valence-corrected chi connectivity index (χ1v) is 8.96. The van der Waals surface area contributed by atoms with Gasteiger partial charge in [-0.1, -0.05) is 6.92 Å². The standard InChI is InChI=1S/C17H34N4O/c1-14(16-5-4-6-18-13-16)11-17(22)19-12-15(2)21-9-7-20(3)8-10-21/h14-16,18H,4-13H2,1-3H3,(H,19,22). The third-order valence-corrected chi connectivity index (χ3v) is 5.40. The molecule has 0 spiro atoms. The Morgan fingerprint density at radius 1 is 1.27 bits per heavy atom. The highest BCUT2D eigenvalue weighted by Crippen LogP contribution is 2.22. The van der Waals surface area contributed by atoms with E-state index in [1.807, 2.05) is 0 Å². The molecule has 2 aliphatic rings. The molecule has 2 heterocycles. The topological polar surface area (TPSA) is 47.6 Å². The van der Waals surface area contributed by atoms with Crippen LogP contribution in [0.3, 0.4) is 0 Å². The third-order valence-electron chi connectivity index (χ3n) is 5.40. The van der Waals surface area contributed by atoms with Gasteiger partial charge in [0.2, 0.25) is 5.91 Å². The van der Waals surface area contributed by atoms with Crippen molar-refractivity contribution in [3.05, 3.63) is 0 Å². The lowest BCUT2D eigenvalue weighted by Crippen LogP contribution is -2.51. The molecule has 2 saturated heterocycles. The van der Waals surface area contributed by atoms with Crippen LogP contribution in [0.5, 0.6) is 0 Å². The summed E-state index contributed by atoms with van der Waals surface area (Å²) in [6, 6.07) is 0.435. The van der Waals surface area contributed by atoms with Crippen molar-refractivity contribution < 1.29 is 4.79 Å². The minimum Gasteiger partial charge on any atom is -0.355 e. The van der Waals surface area contributed by atoms with Crippen LogP contribution in [0, 0.1) is 11.8 Å². The normalized spacial score (nSPS) is 27.3. The average Bonchev–Trinajstić information content (AvgIpc) is 2.54. The first-order valence-electron chi connectivity index (χ1n) is 8.96. The molecule has 0 radical (unpaired) electrons. The van der Waals surface area contributed by atoms with Gasteiger partial charge in [0, 0.05) is 45.2 Å². The number of rotatable bonds is 6. The molecule has 1 amide bonds. The highest BCUT2D eigenvalue weighted by Gasteiger charge is 2.23. The van der Waals surface area contributed by atoms with Crippen molar-refractivity contribution in [3.8, 4) is 0 Å². The Balaban J connectivity index is 1.64. The smallest absolute Gasteiger partial charge is 0.220 e. The molecule has 0 aliphatic carbocycles. The van der Waals surface area contributed by atoms with Crippen molar-refractivity contribution in [1.82, 2.24) is 20.4 Å².